The molecule has 4 nitrogen and oxygen atoms in total. The van der Waals surface area contributed by atoms with Crippen molar-refractivity contribution in [2.45, 2.75) is 32.2 Å². The highest BCUT2D eigenvalue weighted by Gasteiger charge is 2.19. The maximum atomic E-state index is 4.58. The van der Waals surface area contributed by atoms with Crippen molar-refractivity contribution in [2.75, 3.05) is 17.2 Å². The van der Waals surface area contributed by atoms with Crippen LogP contribution >= 0.6 is 0 Å². The number of anilines is 2. The van der Waals surface area contributed by atoms with Gasteiger partial charge in [0, 0.05) is 18.0 Å². The van der Waals surface area contributed by atoms with Crippen LogP contribution in [0.15, 0.2) is 24.3 Å². The van der Waals surface area contributed by atoms with Crippen LogP contribution in [-0.2, 0) is 0 Å². The summed E-state index contributed by atoms with van der Waals surface area (Å²) in [4.78, 5) is 9.09. The van der Waals surface area contributed by atoms with Gasteiger partial charge < -0.3 is 10.6 Å². The minimum Gasteiger partial charge on any atom is -0.367 e. The number of aromatic nitrogens is 2. The molecule has 0 amide bonds. The van der Waals surface area contributed by atoms with Crippen LogP contribution in [0.3, 0.4) is 0 Å². The molecule has 3 rings (SSSR count). The Kier molecular flexibility index (Phi) is 3.00. The van der Waals surface area contributed by atoms with E-state index in [0.717, 1.165) is 23.3 Å². The van der Waals surface area contributed by atoms with Crippen LogP contribution < -0.4 is 10.6 Å². The van der Waals surface area contributed by atoms with Crippen molar-refractivity contribution in [2.24, 2.45) is 0 Å². The summed E-state index contributed by atoms with van der Waals surface area (Å²) in [5.74, 6) is 1.67. The molecule has 0 atom stereocenters. The SMILES string of the molecule is CCNc1nc(NC2CCC2)c2ccccc2n1. The lowest BCUT2D eigenvalue weighted by Crippen LogP contribution is -2.27. The highest BCUT2D eigenvalue weighted by atomic mass is 15.1. The summed E-state index contributed by atoms with van der Waals surface area (Å²) in [6, 6.07) is 8.73. The van der Waals surface area contributed by atoms with E-state index in [2.05, 4.69) is 33.6 Å². The molecule has 0 spiro atoms. The Morgan fingerprint density at radius 2 is 2.06 bits per heavy atom. The van der Waals surface area contributed by atoms with Gasteiger partial charge in [-0.05, 0) is 38.3 Å². The summed E-state index contributed by atoms with van der Waals surface area (Å²) in [6.45, 7) is 2.89. The summed E-state index contributed by atoms with van der Waals surface area (Å²) >= 11 is 0. The van der Waals surface area contributed by atoms with Crippen LogP contribution in [0.4, 0.5) is 11.8 Å². The summed E-state index contributed by atoms with van der Waals surface area (Å²) in [5, 5.41) is 7.82. The van der Waals surface area contributed by atoms with Crippen molar-refractivity contribution >= 4 is 22.7 Å². The molecule has 4 heteroatoms. The third kappa shape index (κ3) is 2.10. The molecule has 2 N–H and O–H groups in total. The molecule has 0 bridgehead atoms. The fraction of sp³-hybridized carbons (Fsp3) is 0.429. The predicted octanol–water partition coefficient (Wildman–Crippen LogP) is 3.03. The van der Waals surface area contributed by atoms with Crippen molar-refractivity contribution in [3.63, 3.8) is 0 Å². The van der Waals surface area contributed by atoms with E-state index in [1.807, 2.05) is 18.2 Å². The van der Waals surface area contributed by atoms with Gasteiger partial charge in [-0.3, -0.25) is 0 Å². The number of hydrogen-bond donors (Lipinski definition) is 2. The van der Waals surface area contributed by atoms with Crippen molar-refractivity contribution < 1.29 is 0 Å². The third-order valence-electron chi connectivity index (χ3n) is 3.38. The zero-order chi connectivity index (χ0) is 12.4. The van der Waals surface area contributed by atoms with Gasteiger partial charge in [-0.15, -0.1) is 0 Å². The van der Waals surface area contributed by atoms with Gasteiger partial charge in [0.1, 0.15) is 5.82 Å². The number of nitrogens with one attached hydrogen (secondary N) is 2. The highest BCUT2D eigenvalue weighted by Crippen LogP contribution is 2.27. The molecule has 1 saturated carbocycles. The van der Waals surface area contributed by atoms with E-state index in [9.17, 15) is 0 Å². The molecule has 0 aliphatic heterocycles. The van der Waals surface area contributed by atoms with Gasteiger partial charge in [-0.1, -0.05) is 12.1 Å². The van der Waals surface area contributed by atoms with E-state index in [1.54, 1.807) is 0 Å². The van der Waals surface area contributed by atoms with E-state index < -0.39 is 0 Å². The summed E-state index contributed by atoms with van der Waals surface area (Å²) < 4.78 is 0. The number of nitrogens with zero attached hydrogens (tertiary/aromatic N) is 2. The van der Waals surface area contributed by atoms with Gasteiger partial charge in [0.05, 0.1) is 5.52 Å². The molecular weight excluding hydrogens is 224 g/mol. The molecule has 1 heterocycles. The molecule has 2 aromatic rings. The average molecular weight is 242 g/mol. The molecule has 1 aromatic heterocycles. The number of hydrogen-bond acceptors (Lipinski definition) is 4. The quantitative estimate of drug-likeness (QED) is 0.865. The van der Waals surface area contributed by atoms with Crippen molar-refractivity contribution in [1.82, 2.24) is 9.97 Å². The Labute approximate surface area is 107 Å². The Morgan fingerprint density at radius 1 is 1.22 bits per heavy atom. The smallest absolute Gasteiger partial charge is 0.225 e. The van der Waals surface area contributed by atoms with E-state index in [1.165, 1.54) is 19.3 Å². The molecule has 94 valence electrons. The predicted molar refractivity (Wildman–Crippen MR) is 75.0 cm³/mol. The van der Waals surface area contributed by atoms with Gasteiger partial charge in [-0.2, -0.15) is 4.98 Å². The third-order valence-corrected chi connectivity index (χ3v) is 3.38. The maximum absolute atomic E-state index is 4.58. The summed E-state index contributed by atoms with van der Waals surface area (Å²) in [6.07, 6.45) is 3.81. The molecule has 1 aromatic carbocycles. The first-order valence-corrected chi connectivity index (χ1v) is 6.64. The molecular formula is C14H18N4. The zero-order valence-electron chi connectivity index (χ0n) is 10.6. The second-order valence-electron chi connectivity index (χ2n) is 4.72. The van der Waals surface area contributed by atoms with Gasteiger partial charge >= 0.3 is 0 Å². The van der Waals surface area contributed by atoms with Gasteiger partial charge in [0.15, 0.2) is 0 Å². The van der Waals surface area contributed by atoms with Gasteiger partial charge in [0.25, 0.3) is 0 Å². The second-order valence-corrected chi connectivity index (χ2v) is 4.72. The maximum Gasteiger partial charge on any atom is 0.225 e. The molecule has 0 radical (unpaired) electrons. The lowest BCUT2D eigenvalue weighted by Gasteiger charge is -2.27. The summed E-state index contributed by atoms with van der Waals surface area (Å²) in [7, 11) is 0. The lowest BCUT2D eigenvalue weighted by molar-refractivity contribution is 0.445. The number of fused-ring (bicyclic) bond motifs is 1. The van der Waals surface area contributed by atoms with Crippen LogP contribution in [0.1, 0.15) is 26.2 Å². The van der Waals surface area contributed by atoms with Crippen LogP contribution in [0.2, 0.25) is 0 Å². The Hall–Kier alpha value is -1.84. The second kappa shape index (κ2) is 4.80. The first-order chi connectivity index (χ1) is 8.86. The number of benzene rings is 1. The standard InChI is InChI=1S/C14H18N4/c1-2-15-14-17-12-9-4-3-8-11(12)13(18-14)16-10-6-5-7-10/h3-4,8-10H,2,5-7H2,1H3,(H2,15,16,17,18). The van der Waals surface area contributed by atoms with Crippen LogP contribution in [-0.4, -0.2) is 22.6 Å². The minimum atomic E-state index is 0.581. The average Bonchev–Trinajstić information content (AvgIpc) is 2.34. The minimum absolute atomic E-state index is 0.581. The highest BCUT2D eigenvalue weighted by molar-refractivity contribution is 5.90. The first kappa shape index (κ1) is 11.3. The van der Waals surface area contributed by atoms with Crippen LogP contribution in [0.5, 0.6) is 0 Å². The topological polar surface area (TPSA) is 49.8 Å². The molecule has 1 fully saturated rings. The lowest BCUT2D eigenvalue weighted by atomic mass is 9.93. The van der Waals surface area contributed by atoms with E-state index in [-0.39, 0.29) is 0 Å². The molecule has 18 heavy (non-hydrogen) atoms. The number of rotatable bonds is 4. The van der Waals surface area contributed by atoms with Crippen molar-refractivity contribution in [3.8, 4) is 0 Å². The fourth-order valence-corrected chi connectivity index (χ4v) is 2.17. The van der Waals surface area contributed by atoms with E-state index in [0.29, 0.717) is 12.0 Å². The Balaban J connectivity index is 2.01. The van der Waals surface area contributed by atoms with Crippen LogP contribution in [0.25, 0.3) is 10.9 Å². The molecule has 0 saturated heterocycles. The van der Waals surface area contributed by atoms with E-state index in [4.69, 9.17) is 0 Å². The van der Waals surface area contributed by atoms with Crippen LogP contribution in [0, 0.1) is 0 Å². The zero-order valence-corrected chi connectivity index (χ0v) is 10.6. The Morgan fingerprint density at radius 3 is 2.78 bits per heavy atom. The Bertz CT molecular complexity index is 548. The fourth-order valence-electron chi connectivity index (χ4n) is 2.17. The largest absolute Gasteiger partial charge is 0.367 e. The van der Waals surface area contributed by atoms with Gasteiger partial charge in [-0.25, -0.2) is 4.98 Å². The molecule has 0 unspecified atom stereocenters. The normalized spacial score (nSPS) is 15.4. The van der Waals surface area contributed by atoms with Gasteiger partial charge in [0.2, 0.25) is 5.95 Å². The van der Waals surface area contributed by atoms with Crippen molar-refractivity contribution in [3.05, 3.63) is 24.3 Å². The number of para-hydroxylation sites is 1. The molecule has 1 aliphatic rings. The summed E-state index contributed by atoms with van der Waals surface area (Å²) in [5.41, 5.74) is 0.991. The monoisotopic (exact) mass is 242 g/mol. The molecule has 1 aliphatic carbocycles. The van der Waals surface area contributed by atoms with Crippen molar-refractivity contribution in [1.29, 1.82) is 0 Å². The first-order valence-electron chi connectivity index (χ1n) is 6.64. The van der Waals surface area contributed by atoms with E-state index >= 15 is 0 Å².